The fourth-order valence-corrected chi connectivity index (χ4v) is 2.90. The molecule has 1 heterocycles. The molecule has 4 nitrogen and oxygen atoms in total. The van der Waals surface area contributed by atoms with Gasteiger partial charge in [-0.2, -0.15) is 0 Å². The van der Waals surface area contributed by atoms with Crippen molar-refractivity contribution in [1.82, 2.24) is 16.0 Å². The van der Waals surface area contributed by atoms with Gasteiger partial charge in [0.1, 0.15) is 0 Å². The van der Waals surface area contributed by atoms with Gasteiger partial charge in [-0.1, -0.05) is 19.8 Å². The van der Waals surface area contributed by atoms with Gasteiger partial charge < -0.3 is 16.0 Å². The summed E-state index contributed by atoms with van der Waals surface area (Å²) in [4.78, 5) is 11.7. The highest BCUT2D eigenvalue weighted by atomic mass is 16.2. The Bertz CT molecular complexity index is 251. The average molecular weight is 239 g/mol. The minimum absolute atomic E-state index is 0.0302. The Balaban J connectivity index is 1.64. The van der Waals surface area contributed by atoms with Crippen molar-refractivity contribution in [3.8, 4) is 0 Å². The van der Waals surface area contributed by atoms with E-state index in [1.165, 1.54) is 19.3 Å². The lowest BCUT2D eigenvalue weighted by Gasteiger charge is -2.29. The van der Waals surface area contributed by atoms with Gasteiger partial charge in [-0.05, 0) is 44.2 Å². The molecule has 0 spiro atoms. The number of rotatable bonds is 3. The Morgan fingerprint density at radius 2 is 2.06 bits per heavy atom. The van der Waals surface area contributed by atoms with Crippen LogP contribution in [-0.2, 0) is 0 Å². The summed E-state index contributed by atoms with van der Waals surface area (Å²) in [5.74, 6) is 1.29. The molecule has 4 heteroatoms. The maximum Gasteiger partial charge on any atom is 0.315 e. The lowest BCUT2D eigenvalue weighted by atomic mass is 9.88. The average Bonchev–Trinajstić information content (AvgIpc) is 2.81. The first kappa shape index (κ1) is 12.7. The fourth-order valence-electron chi connectivity index (χ4n) is 2.90. The Morgan fingerprint density at radius 3 is 2.76 bits per heavy atom. The van der Waals surface area contributed by atoms with Crippen molar-refractivity contribution in [2.24, 2.45) is 11.8 Å². The number of carbonyl (C=O) groups excluding carboxylic acids is 1. The van der Waals surface area contributed by atoms with Gasteiger partial charge in [-0.3, -0.25) is 0 Å². The summed E-state index contributed by atoms with van der Waals surface area (Å²) in [5.41, 5.74) is 0. The van der Waals surface area contributed by atoms with Crippen LogP contribution in [0.1, 0.15) is 39.0 Å². The standard InChI is InChI=1S/C13H25N3O/c1-10-8-14-7-6-11(10)9-15-13(17)16-12-4-2-3-5-12/h10-12,14H,2-9H2,1H3,(H2,15,16,17). The molecule has 2 rings (SSSR count). The predicted molar refractivity (Wildman–Crippen MR) is 68.9 cm³/mol. The third-order valence-corrected chi connectivity index (χ3v) is 4.18. The summed E-state index contributed by atoms with van der Waals surface area (Å²) < 4.78 is 0. The number of amides is 2. The second kappa shape index (κ2) is 6.24. The molecule has 0 aromatic rings. The molecule has 2 unspecified atom stereocenters. The van der Waals surface area contributed by atoms with Gasteiger partial charge in [0.05, 0.1) is 0 Å². The molecule has 1 saturated carbocycles. The van der Waals surface area contributed by atoms with E-state index in [0.717, 1.165) is 32.5 Å². The highest BCUT2D eigenvalue weighted by Crippen LogP contribution is 2.18. The molecule has 0 bridgehead atoms. The van der Waals surface area contributed by atoms with Crippen LogP contribution in [0, 0.1) is 11.8 Å². The molecule has 98 valence electrons. The van der Waals surface area contributed by atoms with Crippen molar-refractivity contribution < 1.29 is 4.79 Å². The second-order valence-electron chi connectivity index (χ2n) is 5.57. The molecule has 1 aliphatic carbocycles. The van der Waals surface area contributed by atoms with E-state index in [9.17, 15) is 4.79 Å². The molecule has 2 aliphatic rings. The Labute approximate surface area is 104 Å². The maximum absolute atomic E-state index is 11.7. The lowest BCUT2D eigenvalue weighted by Crippen LogP contribution is -2.46. The zero-order valence-corrected chi connectivity index (χ0v) is 10.8. The van der Waals surface area contributed by atoms with Crippen molar-refractivity contribution in [1.29, 1.82) is 0 Å². The molecular formula is C13H25N3O. The van der Waals surface area contributed by atoms with Crippen LogP contribution in [0.2, 0.25) is 0 Å². The van der Waals surface area contributed by atoms with Crippen molar-refractivity contribution >= 4 is 6.03 Å². The molecule has 1 saturated heterocycles. The Hall–Kier alpha value is -0.770. The van der Waals surface area contributed by atoms with Gasteiger partial charge in [-0.15, -0.1) is 0 Å². The van der Waals surface area contributed by atoms with Crippen LogP contribution >= 0.6 is 0 Å². The number of carbonyl (C=O) groups is 1. The highest BCUT2D eigenvalue weighted by molar-refractivity contribution is 5.74. The number of nitrogens with one attached hydrogen (secondary N) is 3. The van der Waals surface area contributed by atoms with E-state index < -0.39 is 0 Å². The van der Waals surface area contributed by atoms with Gasteiger partial charge >= 0.3 is 6.03 Å². The number of urea groups is 1. The summed E-state index contributed by atoms with van der Waals surface area (Å²) in [5, 5.41) is 9.48. The molecule has 0 aromatic heterocycles. The van der Waals surface area contributed by atoms with Gasteiger partial charge in [0.2, 0.25) is 0 Å². The summed E-state index contributed by atoms with van der Waals surface area (Å²) in [6.07, 6.45) is 5.99. The molecule has 2 amide bonds. The third-order valence-electron chi connectivity index (χ3n) is 4.18. The largest absolute Gasteiger partial charge is 0.338 e. The van der Waals surface area contributed by atoms with E-state index in [-0.39, 0.29) is 6.03 Å². The molecule has 2 fully saturated rings. The van der Waals surface area contributed by atoms with E-state index in [4.69, 9.17) is 0 Å². The first-order chi connectivity index (χ1) is 8.25. The predicted octanol–water partition coefficient (Wildman–Crippen LogP) is 1.47. The molecule has 0 radical (unpaired) electrons. The van der Waals surface area contributed by atoms with Gasteiger partial charge in [0.15, 0.2) is 0 Å². The molecule has 2 atom stereocenters. The number of piperidine rings is 1. The van der Waals surface area contributed by atoms with E-state index in [1.807, 2.05) is 0 Å². The Kier molecular flexibility index (Phi) is 4.66. The molecule has 1 aliphatic heterocycles. The van der Waals surface area contributed by atoms with E-state index in [1.54, 1.807) is 0 Å². The first-order valence-electron chi connectivity index (χ1n) is 7.01. The summed E-state index contributed by atoms with van der Waals surface area (Å²) in [7, 11) is 0. The van der Waals surface area contributed by atoms with Crippen LogP contribution in [0.25, 0.3) is 0 Å². The van der Waals surface area contributed by atoms with Gasteiger partial charge in [-0.25, -0.2) is 4.79 Å². The van der Waals surface area contributed by atoms with Crippen molar-refractivity contribution in [2.75, 3.05) is 19.6 Å². The molecular weight excluding hydrogens is 214 g/mol. The van der Waals surface area contributed by atoms with E-state index in [2.05, 4.69) is 22.9 Å². The minimum atomic E-state index is 0.0302. The van der Waals surface area contributed by atoms with Crippen LogP contribution in [0.15, 0.2) is 0 Å². The molecule has 3 N–H and O–H groups in total. The van der Waals surface area contributed by atoms with Crippen LogP contribution in [0.4, 0.5) is 4.79 Å². The second-order valence-corrected chi connectivity index (χ2v) is 5.57. The minimum Gasteiger partial charge on any atom is -0.338 e. The quantitative estimate of drug-likeness (QED) is 0.698. The molecule has 0 aromatic carbocycles. The highest BCUT2D eigenvalue weighted by Gasteiger charge is 2.22. The maximum atomic E-state index is 11.7. The summed E-state index contributed by atoms with van der Waals surface area (Å²) >= 11 is 0. The summed E-state index contributed by atoms with van der Waals surface area (Å²) in [6.45, 7) is 5.24. The third kappa shape index (κ3) is 3.87. The van der Waals surface area contributed by atoms with Gasteiger partial charge in [0, 0.05) is 12.6 Å². The summed E-state index contributed by atoms with van der Waals surface area (Å²) in [6, 6.07) is 0.447. The topological polar surface area (TPSA) is 53.2 Å². The smallest absolute Gasteiger partial charge is 0.315 e. The van der Waals surface area contributed by atoms with Crippen molar-refractivity contribution in [2.45, 2.75) is 45.1 Å². The van der Waals surface area contributed by atoms with Crippen LogP contribution < -0.4 is 16.0 Å². The Morgan fingerprint density at radius 1 is 1.29 bits per heavy atom. The van der Waals surface area contributed by atoms with Crippen molar-refractivity contribution in [3.63, 3.8) is 0 Å². The fraction of sp³-hybridized carbons (Fsp3) is 0.923. The molecule has 17 heavy (non-hydrogen) atoms. The van der Waals surface area contributed by atoms with Crippen LogP contribution in [0.5, 0.6) is 0 Å². The van der Waals surface area contributed by atoms with Crippen LogP contribution in [-0.4, -0.2) is 31.7 Å². The zero-order valence-electron chi connectivity index (χ0n) is 10.8. The van der Waals surface area contributed by atoms with Crippen molar-refractivity contribution in [3.05, 3.63) is 0 Å². The number of hydrogen-bond acceptors (Lipinski definition) is 2. The zero-order chi connectivity index (χ0) is 12.1. The monoisotopic (exact) mass is 239 g/mol. The number of hydrogen-bond donors (Lipinski definition) is 3. The normalized spacial score (nSPS) is 30.2. The first-order valence-corrected chi connectivity index (χ1v) is 7.01. The van der Waals surface area contributed by atoms with E-state index in [0.29, 0.717) is 17.9 Å². The van der Waals surface area contributed by atoms with Crippen LogP contribution in [0.3, 0.4) is 0 Å². The van der Waals surface area contributed by atoms with Gasteiger partial charge in [0.25, 0.3) is 0 Å². The lowest BCUT2D eigenvalue weighted by molar-refractivity contribution is 0.225. The SMILES string of the molecule is CC1CNCCC1CNC(=O)NC1CCCC1. The van der Waals surface area contributed by atoms with E-state index >= 15 is 0 Å².